The number of nitrogens with zero attached hydrogens (tertiary/aromatic N) is 1. The Kier molecular flexibility index (Phi) is 3.06. The molecule has 0 unspecified atom stereocenters. The largest absolute Gasteiger partial charge is 0.490 e. The topological polar surface area (TPSA) is 76.2 Å². The second-order valence-electron chi connectivity index (χ2n) is 4.15. The second-order valence-corrected chi connectivity index (χ2v) is 4.15. The molecule has 3 rings (SSSR count). The van der Waals surface area contributed by atoms with Crippen LogP contribution < -0.4 is 14.8 Å². The zero-order chi connectivity index (χ0) is 13.1. The van der Waals surface area contributed by atoms with E-state index in [0.29, 0.717) is 36.0 Å². The van der Waals surface area contributed by atoms with Gasteiger partial charge in [-0.1, -0.05) is 0 Å². The SMILES string of the molecule is O=C(Nc1ccc2c(c1)OCCCO2)c1cn[nH]c1. The highest BCUT2D eigenvalue weighted by Crippen LogP contribution is 2.32. The molecule has 6 heteroatoms. The summed E-state index contributed by atoms with van der Waals surface area (Å²) in [6, 6.07) is 5.34. The Morgan fingerprint density at radius 3 is 2.89 bits per heavy atom. The van der Waals surface area contributed by atoms with Gasteiger partial charge in [0, 0.05) is 24.4 Å². The first-order valence-corrected chi connectivity index (χ1v) is 6.03. The number of benzene rings is 1. The number of ether oxygens (including phenoxy) is 2. The summed E-state index contributed by atoms with van der Waals surface area (Å²) in [6.45, 7) is 1.26. The number of carbonyl (C=O) groups excluding carboxylic acids is 1. The van der Waals surface area contributed by atoms with Crippen molar-refractivity contribution in [2.75, 3.05) is 18.5 Å². The summed E-state index contributed by atoms with van der Waals surface area (Å²) < 4.78 is 11.1. The Balaban J connectivity index is 1.78. The standard InChI is InChI=1S/C13H13N3O3/c17-13(9-7-14-15-8-9)16-10-2-3-11-12(6-10)19-5-1-4-18-11/h2-3,6-8H,1,4-5H2,(H,14,15)(H,16,17). The van der Waals surface area contributed by atoms with E-state index in [-0.39, 0.29) is 5.91 Å². The van der Waals surface area contributed by atoms with E-state index in [1.54, 1.807) is 24.4 Å². The number of carbonyl (C=O) groups is 1. The lowest BCUT2D eigenvalue weighted by Gasteiger charge is -2.09. The van der Waals surface area contributed by atoms with Crippen molar-refractivity contribution in [2.45, 2.75) is 6.42 Å². The van der Waals surface area contributed by atoms with Crippen LogP contribution in [0.15, 0.2) is 30.6 Å². The van der Waals surface area contributed by atoms with Gasteiger partial charge < -0.3 is 14.8 Å². The number of hydrogen-bond donors (Lipinski definition) is 2. The Labute approximate surface area is 109 Å². The fraction of sp³-hybridized carbons (Fsp3) is 0.231. The van der Waals surface area contributed by atoms with Crippen LogP contribution in [0.25, 0.3) is 0 Å². The summed E-state index contributed by atoms with van der Waals surface area (Å²) >= 11 is 0. The highest BCUT2D eigenvalue weighted by Gasteiger charge is 2.12. The van der Waals surface area contributed by atoms with Gasteiger partial charge in [0.15, 0.2) is 11.5 Å². The van der Waals surface area contributed by atoms with Crippen molar-refractivity contribution in [1.29, 1.82) is 0 Å². The number of aromatic nitrogens is 2. The monoisotopic (exact) mass is 259 g/mol. The Morgan fingerprint density at radius 1 is 1.26 bits per heavy atom. The molecule has 0 fully saturated rings. The van der Waals surface area contributed by atoms with Crippen LogP contribution in [0.3, 0.4) is 0 Å². The van der Waals surface area contributed by atoms with Gasteiger partial charge in [-0.25, -0.2) is 0 Å². The zero-order valence-corrected chi connectivity index (χ0v) is 10.2. The van der Waals surface area contributed by atoms with Gasteiger partial charge in [-0.3, -0.25) is 9.89 Å². The second kappa shape index (κ2) is 5.01. The zero-order valence-electron chi connectivity index (χ0n) is 10.2. The van der Waals surface area contributed by atoms with Gasteiger partial charge >= 0.3 is 0 Å². The molecule has 6 nitrogen and oxygen atoms in total. The molecule has 0 atom stereocenters. The lowest BCUT2D eigenvalue weighted by Crippen LogP contribution is -2.11. The van der Waals surface area contributed by atoms with Gasteiger partial charge in [-0.2, -0.15) is 5.10 Å². The van der Waals surface area contributed by atoms with Gasteiger partial charge in [-0.05, 0) is 12.1 Å². The van der Waals surface area contributed by atoms with Crippen LogP contribution in [-0.4, -0.2) is 29.3 Å². The van der Waals surface area contributed by atoms with Crippen LogP contribution >= 0.6 is 0 Å². The van der Waals surface area contributed by atoms with Gasteiger partial charge in [0.1, 0.15) is 0 Å². The van der Waals surface area contributed by atoms with Crippen LogP contribution in [0.2, 0.25) is 0 Å². The Hall–Kier alpha value is -2.50. The first kappa shape index (κ1) is 11.6. The molecule has 1 aromatic heterocycles. The summed E-state index contributed by atoms with van der Waals surface area (Å²) in [6.07, 6.45) is 3.86. The van der Waals surface area contributed by atoms with Gasteiger partial charge in [0.05, 0.1) is 25.0 Å². The molecule has 19 heavy (non-hydrogen) atoms. The molecule has 1 aliphatic rings. The minimum absolute atomic E-state index is 0.219. The van der Waals surface area contributed by atoms with E-state index >= 15 is 0 Å². The van der Waals surface area contributed by atoms with Gasteiger partial charge in [0.25, 0.3) is 5.91 Å². The highest BCUT2D eigenvalue weighted by molar-refractivity contribution is 6.04. The predicted molar refractivity (Wildman–Crippen MR) is 68.6 cm³/mol. The van der Waals surface area contributed by atoms with E-state index in [9.17, 15) is 4.79 Å². The maximum Gasteiger partial charge on any atom is 0.258 e. The van der Waals surface area contributed by atoms with Crippen LogP contribution in [0.1, 0.15) is 16.8 Å². The summed E-state index contributed by atoms with van der Waals surface area (Å²) in [5, 5.41) is 9.12. The van der Waals surface area contributed by atoms with E-state index in [2.05, 4.69) is 15.5 Å². The average molecular weight is 259 g/mol. The van der Waals surface area contributed by atoms with Crippen molar-refractivity contribution < 1.29 is 14.3 Å². The van der Waals surface area contributed by atoms with Gasteiger partial charge in [0.2, 0.25) is 0 Å². The molecule has 0 spiro atoms. The highest BCUT2D eigenvalue weighted by atomic mass is 16.5. The molecular weight excluding hydrogens is 246 g/mol. The number of fused-ring (bicyclic) bond motifs is 1. The molecule has 1 aromatic carbocycles. The molecule has 0 radical (unpaired) electrons. The first-order valence-electron chi connectivity index (χ1n) is 6.03. The maximum atomic E-state index is 11.9. The number of anilines is 1. The number of aromatic amines is 1. The van der Waals surface area contributed by atoms with E-state index < -0.39 is 0 Å². The van der Waals surface area contributed by atoms with Gasteiger partial charge in [-0.15, -0.1) is 0 Å². The summed E-state index contributed by atoms with van der Waals surface area (Å²) in [4.78, 5) is 11.9. The normalized spacial score (nSPS) is 13.7. The Morgan fingerprint density at radius 2 is 2.11 bits per heavy atom. The molecule has 2 heterocycles. The molecule has 0 bridgehead atoms. The third-order valence-corrected chi connectivity index (χ3v) is 2.77. The van der Waals surface area contributed by atoms with Crippen molar-refractivity contribution in [3.05, 3.63) is 36.2 Å². The number of rotatable bonds is 2. The quantitative estimate of drug-likeness (QED) is 0.862. The number of H-pyrrole nitrogens is 1. The summed E-state index contributed by atoms with van der Waals surface area (Å²) in [5.41, 5.74) is 1.14. The lowest BCUT2D eigenvalue weighted by molar-refractivity contribution is 0.102. The van der Waals surface area contributed by atoms with Crippen molar-refractivity contribution in [1.82, 2.24) is 10.2 Å². The molecule has 0 aliphatic carbocycles. The third kappa shape index (κ3) is 2.52. The minimum atomic E-state index is -0.219. The van der Waals surface area contributed by atoms with Crippen molar-refractivity contribution >= 4 is 11.6 Å². The van der Waals surface area contributed by atoms with Crippen molar-refractivity contribution in [2.24, 2.45) is 0 Å². The number of amides is 1. The van der Waals surface area contributed by atoms with E-state index in [1.165, 1.54) is 6.20 Å². The molecular formula is C13H13N3O3. The molecule has 2 N–H and O–H groups in total. The van der Waals surface area contributed by atoms with E-state index in [4.69, 9.17) is 9.47 Å². The Bertz CT molecular complexity index is 581. The smallest absolute Gasteiger partial charge is 0.258 e. The van der Waals surface area contributed by atoms with Crippen molar-refractivity contribution in [3.8, 4) is 11.5 Å². The maximum absolute atomic E-state index is 11.9. The van der Waals surface area contributed by atoms with Crippen LogP contribution in [0, 0.1) is 0 Å². The summed E-state index contributed by atoms with van der Waals surface area (Å²) in [7, 11) is 0. The molecule has 98 valence electrons. The molecule has 0 saturated carbocycles. The average Bonchev–Trinajstić information content (AvgIpc) is 2.85. The van der Waals surface area contributed by atoms with E-state index in [1.807, 2.05) is 0 Å². The molecule has 1 amide bonds. The van der Waals surface area contributed by atoms with E-state index in [0.717, 1.165) is 6.42 Å². The van der Waals surface area contributed by atoms with Crippen LogP contribution in [0.5, 0.6) is 11.5 Å². The lowest BCUT2D eigenvalue weighted by atomic mass is 10.2. The fourth-order valence-electron chi connectivity index (χ4n) is 1.82. The van der Waals surface area contributed by atoms with Crippen molar-refractivity contribution in [3.63, 3.8) is 0 Å². The minimum Gasteiger partial charge on any atom is -0.490 e. The molecule has 2 aromatic rings. The summed E-state index contributed by atoms with van der Waals surface area (Å²) in [5.74, 6) is 1.14. The number of nitrogens with one attached hydrogen (secondary N) is 2. The number of hydrogen-bond acceptors (Lipinski definition) is 4. The first-order chi connectivity index (χ1) is 9.33. The molecule has 0 saturated heterocycles. The van der Waals surface area contributed by atoms with Crippen LogP contribution in [-0.2, 0) is 0 Å². The molecule has 1 aliphatic heterocycles. The predicted octanol–water partition coefficient (Wildman–Crippen LogP) is 1.82. The van der Waals surface area contributed by atoms with Crippen LogP contribution in [0.4, 0.5) is 5.69 Å². The third-order valence-electron chi connectivity index (χ3n) is 2.77. The fourth-order valence-corrected chi connectivity index (χ4v) is 1.82.